The molecule has 15 heavy (non-hydrogen) atoms. The van der Waals surface area contributed by atoms with Crippen LogP contribution in [0, 0.1) is 0 Å². The van der Waals surface area contributed by atoms with Crippen LogP contribution in [-0.4, -0.2) is 32.1 Å². The topological polar surface area (TPSA) is 55.1 Å². The van der Waals surface area contributed by atoms with E-state index in [2.05, 4.69) is 4.98 Å². The molecule has 0 amide bonds. The number of carbonyl (C=O) groups is 1. The molecule has 1 aliphatic rings. The Hall–Kier alpha value is -0.970. The van der Waals surface area contributed by atoms with Crippen LogP contribution in [-0.2, 0) is 11.2 Å². The SMILES string of the molecule is O=C(O)Cc1nccn1C1CCCSC1. The minimum atomic E-state index is -0.814. The third-order valence-electron chi connectivity index (χ3n) is 2.59. The van der Waals surface area contributed by atoms with Crippen LogP contribution in [0.25, 0.3) is 0 Å². The fourth-order valence-electron chi connectivity index (χ4n) is 1.89. The first-order valence-corrected chi connectivity index (χ1v) is 6.24. The van der Waals surface area contributed by atoms with Gasteiger partial charge < -0.3 is 9.67 Å². The Morgan fingerprint density at radius 3 is 3.27 bits per heavy atom. The van der Waals surface area contributed by atoms with E-state index in [4.69, 9.17) is 5.11 Å². The Morgan fingerprint density at radius 2 is 2.60 bits per heavy atom. The maximum absolute atomic E-state index is 10.6. The summed E-state index contributed by atoms with van der Waals surface area (Å²) in [7, 11) is 0. The van der Waals surface area contributed by atoms with Crippen LogP contribution < -0.4 is 0 Å². The van der Waals surface area contributed by atoms with E-state index in [-0.39, 0.29) is 6.42 Å². The molecule has 1 atom stereocenters. The smallest absolute Gasteiger partial charge is 0.311 e. The van der Waals surface area contributed by atoms with E-state index in [9.17, 15) is 4.79 Å². The van der Waals surface area contributed by atoms with Crippen molar-refractivity contribution in [3.05, 3.63) is 18.2 Å². The fraction of sp³-hybridized carbons (Fsp3) is 0.600. The summed E-state index contributed by atoms with van der Waals surface area (Å²) >= 11 is 1.93. The number of thioether (sulfide) groups is 1. The van der Waals surface area contributed by atoms with Crippen molar-refractivity contribution >= 4 is 17.7 Å². The summed E-state index contributed by atoms with van der Waals surface area (Å²) in [6.45, 7) is 0. The zero-order valence-electron chi connectivity index (χ0n) is 8.43. The molecule has 1 unspecified atom stereocenters. The van der Waals surface area contributed by atoms with Gasteiger partial charge in [0.05, 0.1) is 0 Å². The first-order valence-electron chi connectivity index (χ1n) is 5.08. The third-order valence-corrected chi connectivity index (χ3v) is 3.79. The summed E-state index contributed by atoms with van der Waals surface area (Å²) in [5, 5.41) is 8.75. The van der Waals surface area contributed by atoms with Gasteiger partial charge in [-0.05, 0) is 18.6 Å². The molecule has 0 aromatic carbocycles. The van der Waals surface area contributed by atoms with Gasteiger partial charge >= 0.3 is 5.97 Å². The van der Waals surface area contributed by atoms with Crippen molar-refractivity contribution in [2.24, 2.45) is 0 Å². The third kappa shape index (κ3) is 2.53. The van der Waals surface area contributed by atoms with Crippen LogP contribution >= 0.6 is 11.8 Å². The maximum Gasteiger partial charge on any atom is 0.311 e. The number of hydrogen-bond donors (Lipinski definition) is 1. The minimum absolute atomic E-state index is 0.0220. The standard InChI is InChI=1S/C10H14N2O2S/c13-10(14)6-9-11-3-4-12(9)8-2-1-5-15-7-8/h3-4,8H,1-2,5-7H2,(H,13,14). The Bertz CT molecular complexity index is 345. The quantitative estimate of drug-likeness (QED) is 0.850. The highest BCUT2D eigenvalue weighted by Crippen LogP contribution is 2.27. The van der Waals surface area contributed by atoms with Gasteiger partial charge in [-0.2, -0.15) is 11.8 Å². The van der Waals surface area contributed by atoms with Crippen LogP contribution in [0.2, 0.25) is 0 Å². The number of aromatic nitrogens is 2. The van der Waals surface area contributed by atoms with Crippen molar-refractivity contribution in [1.82, 2.24) is 9.55 Å². The molecule has 1 saturated heterocycles. The number of imidazole rings is 1. The fourth-order valence-corrected chi connectivity index (χ4v) is 3.03. The van der Waals surface area contributed by atoms with Crippen LogP contribution in [0.3, 0.4) is 0 Å². The average Bonchev–Trinajstić information content (AvgIpc) is 2.66. The van der Waals surface area contributed by atoms with Gasteiger partial charge in [0.25, 0.3) is 0 Å². The highest BCUT2D eigenvalue weighted by Gasteiger charge is 2.18. The van der Waals surface area contributed by atoms with Gasteiger partial charge in [0.1, 0.15) is 12.2 Å². The maximum atomic E-state index is 10.6. The summed E-state index contributed by atoms with van der Waals surface area (Å²) in [6, 6.07) is 0.431. The molecule has 82 valence electrons. The van der Waals surface area contributed by atoms with Gasteiger partial charge in [-0.25, -0.2) is 4.98 Å². The van der Waals surface area contributed by atoms with Gasteiger partial charge in [0.2, 0.25) is 0 Å². The van der Waals surface area contributed by atoms with Gasteiger partial charge in [-0.3, -0.25) is 4.79 Å². The molecular weight excluding hydrogens is 212 g/mol. The molecule has 2 heterocycles. The number of rotatable bonds is 3. The highest BCUT2D eigenvalue weighted by molar-refractivity contribution is 7.99. The Balaban J connectivity index is 2.12. The number of hydrogen-bond acceptors (Lipinski definition) is 3. The molecular formula is C10H14N2O2S. The molecule has 1 aromatic heterocycles. The summed E-state index contributed by atoms with van der Waals surface area (Å²) in [5.41, 5.74) is 0. The lowest BCUT2D eigenvalue weighted by Crippen LogP contribution is -2.19. The van der Waals surface area contributed by atoms with Crippen molar-refractivity contribution in [2.45, 2.75) is 25.3 Å². The van der Waals surface area contributed by atoms with Crippen molar-refractivity contribution in [2.75, 3.05) is 11.5 Å². The number of aliphatic carboxylic acids is 1. The first-order chi connectivity index (χ1) is 7.27. The van der Waals surface area contributed by atoms with Gasteiger partial charge in [-0.15, -0.1) is 0 Å². The highest BCUT2D eigenvalue weighted by atomic mass is 32.2. The van der Waals surface area contributed by atoms with Crippen molar-refractivity contribution in [3.63, 3.8) is 0 Å². The number of carboxylic acids is 1. The molecule has 1 aliphatic heterocycles. The van der Waals surface area contributed by atoms with Crippen LogP contribution in [0.1, 0.15) is 24.7 Å². The van der Waals surface area contributed by atoms with E-state index < -0.39 is 5.97 Å². The van der Waals surface area contributed by atoms with E-state index >= 15 is 0 Å². The second kappa shape index (κ2) is 4.70. The average molecular weight is 226 g/mol. The van der Waals surface area contributed by atoms with Crippen molar-refractivity contribution < 1.29 is 9.90 Å². The predicted octanol–water partition coefficient (Wildman–Crippen LogP) is 1.58. The summed E-state index contributed by atoms with van der Waals surface area (Å²) in [5.74, 6) is 2.16. The minimum Gasteiger partial charge on any atom is -0.481 e. The predicted molar refractivity (Wildman–Crippen MR) is 59.2 cm³/mol. The molecule has 0 aliphatic carbocycles. The van der Waals surface area contributed by atoms with Gasteiger partial charge in [-0.1, -0.05) is 0 Å². The largest absolute Gasteiger partial charge is 0.481 e. The first kappa shape index (κ1) is 10.5. The van der Waals surface area contributed by atoms with E-state index in [0.29, 0.717) is 11.9 Å². The van der Waals surface area contributed by atoms with Gasteiger partial charge in [0.15, 0.2) is 0 Å². The van der Waals surface area contributed by atoms with Crippen molar-refractivity contribution in [1.29, 1.82) is 0 Å². The Kier molecular flexibility index (Phi) is 3.30. The lowest BCUT2D eigenvalue weighted by Gasteiger charge is -2.24. The zero-order valence-corrected chi connectivity index (χ0v) is 9.24. The molecule has 2 rings (SSSR count). The Morgan fingerprint density at radius 1 is 1.73 bits per heavy atom. The van der Waals surface area contributed by atoms with Crippen molar-refractivity contribution in [3.8, 4) is 0 Å². The summed E-state index contributed by atoms with van der Waals surface area (Å²) in [4.78, 5) is 14.7. The molecule has 0 spiro atoms. The van der Waals surface area contributed by atoms with Gasteiger partial charge in [0, 0.05) is 24.2 Å². The van der Waals surface area contributed by atoms with Crippen LogP contribution in [0.15, 0.2) is 12.4 Å². The molecule has 0 saturated carbocycles. The van der Waals surface area contributed by atoms with Crippen LogP contribution in [0.5, 0.6) is 0 Å². The monoisotopic (exact) mass is 226 g/mol. The normalized spacial score (nSPS) is 21.5. The lowest BCUT2D eigenvalue weighted by molar-refractivity contribution is -0.136. The second-order valence-electron chi connectivity index (χ2n) is 3.69. The number of carboxylic acid groups (broad SMARTS) is 1. The van der Waals surface area contributed by atoms with Crippen LogP contribution in [0.4, 0.5) is 0 Å². The Labute approximate surface area is 92.7 Å². The molecule has 1 N–H and O–H groups in total. The molecule has 0 radical (unpaired) electrons. The summed E-state index contributed by atoms with van der Waals surface area (Å²) < 4.78 is 2.03. The molecule has 1 aromatic rings. The molecule has 1 fully saturated rings. The van der Waals surface area contributed by atoms with E-state index in [1.54, 1.807) is 6.20 Å². The molecule has 5 heteroatoms. The van der Waals surface area contributed by atoms with E-state index in [0.717, 1.165) is 12.2 Å². The molecule has 4 nitrogen and oxygen atoms in total. The lowest BCUT2D eigenvalue weighted by atomic mass is 10.2. The molecule has 0 bridgehead atoms. The van der Waals surface area contributed by atoms with E-state index in [1.807, 2.05) is 22.5 Å². The number of nitrogens with zero attached hydrogens (tertiary/aromatic N) is 2. The summed E-state index contributed by atoms with van der Waals surface area (Å²) in [6.07, 6.45) is 5.95. The zero-order chi connectivity index (χ0) is 10.7. The second-order valence-corrected chi connectivity index (χ2v) is 4.84. The van der Waals surface area contributed by atoms with E-state index in [1.165, 1.54) is 12.2 Å².